The molecule has 216 valence electrons. The number of phenols is 1. The molecule has 2 nitrogen and oxygen atoms in total. The average molecular weight is 564 g/mol. The quantitative estimate of drug-likeness (QED) is 0.369. The summed E-state index contributed by atoms with van der Waals surface area (Å²) in [6.45, 7) is 9.53. The number of allylic oxidation sites excluding steroid dienone is 3. The van der Waals surface area contributed by atoms with E-state index in [1.165, 1.54) is 78.2 Å². The highest BCUT2D eigenvalue weighted by Crippen LogP contribution is 2.66. The third-order valence-corrected chi connectivity index (χ3v) is 19.5. The van der Waals surface area contributed by atoms with Gasteiger partial charge in [-0.1, -0.05) is 85.6 Å². The fraction of sp³-hybridized carbons (Fsp3) is 0.579. The van der Waals surface area contributed by atoms with Gasteiger partial charge in [0.1, 0.15) is 5.75 Å². The molecule has 0 aromatic heterocycles. The Hall–Kier alpha value is -2.26. The Labute approximate surface area is 248 Å². The maximum Gasteiger partial charge on any atom is 0.118 e. The van der Waals surface area contributed by atoms with Crippen molar-refractivity contribution < 1.29 is 5.11 Å². The molecule has 0 radical (unpaired) electrons. The number of hydrogen-bond acceptors (Lipinski definition) is 2. The standard InChI is InChI=1S/C38H49NOSi/c1-6-41(7-2,33-16-24(4)15-31(36(33)40)38-20-25-17-26(21-38)19-27(18-25)22-38)37-29-11-9-8-10-28(29)35-34(37)30-14-23(3)12-13-32(30)39(35)5/h8-16,25-29,34-35,37,40H,6-7,17-22H2,1-5H3. The molecular weight excluding hydrogens is 515 g/mol. The summed E-state index contributed by atoms with van der Waals surface area (Å²) in [6.07, 6.45) is 18.0. The Balaban J connectivity index is 1.32. The monoisotopic (exact) mass is 563 g/mol. The lowest BCUT2D eigenvalue weighted by molar-refractivity contribution is -0.00610. The molecule has 0 spiro atoms. The normalized spacial score (nSPS) is 37.9. The Morgan fingerprint density at radius 3 is 2.12 bits per heavy atom. The molecule has 7 aliphatic rings. The van der Waals surface area contributed by atoms with Crippen LogP contribution in [0.25, 0.3) is 0 Å². The van der Waals surface area contributed by atoms with E-state index in [1.54, 1.807) is 5.56 Å². The predicted octanol–water partition coefficient (Wildman–Crippen LogP) is 8.52. The van der Waals surface area contributed by atoms with Gasteiger partial charge in [-0.15, -0.1) is 0 Å². The maximum absolute atomic E-state index is 12.7. The Morgan fingerprint density at radius 2 is 1.49 bits per heavy atom. The van der Waals surface area contributed by atoms with Crippen LogP contribution in [0.2, 0.25) is 17.6 Å². The number of likely N-dealkylation sites (N-methyl/N-ethyl adjacent to an activating group) is 1. The summed E-state index contributed by atoms with van der Waals surface area (Å²) < 4.78 is 0. The van der Waals surface area contributed by atoms with Crippen molar-refractivity contribution in [2.24, 2.45) is 29.6 Å². The van der Waals surface area contributed by atoms with Gasteiger partial charge in [0.05, 0.1) is 8.07 Å². The maximum atomic E-state index is 12.7. The first-order chi connectivity index (χ1) is 19.8. The Morgan fingerprint density at radius 1 is 0.854 bits per heavy atom. The zero-order valence-corrected chi connectivity index (χ0v) is 26.9. The van der Waals surface area contributed by atoms with Crippen molar-refractivity contribution in [3.05, 3.63) is 76.9 Å². The van der Waals surface area contributed by atoms with E-state index in [0.717, 1.165) is 23.5 Å². The lowest BCUT2D eigenvalue weighted by Crippen LogP contribution is -2.54. The molecular formula is C38H49NOSi. The van der Waals surface area contributed by atoms with Crippen LogP contribution in [0.5, 0.6) is 5.75 Å². The molecule has 9 rings (SSSR count). The Kier molecular flexibility index (Phi) is 5.86. The molecule has 5 unspecified atom stereocenters. The van der Waals surface area contributed by atoms with Gasteiger partial charge in [0.15, 0.2) is 0 Å². The SMILES string of the molecule is CC[Si](CC)(c1cc(C)cc(C23CC4CC(CC(C4)C2)C3)c1O)C1C2C=CC=CC2C2C1c1cc(C)ccc1N2C. The van der Waals surface area contributed by atoms with Crippen LogP contribution in [0, 0.1) is 43.4 Å². The molecule has 5 atom stereocenters. The molecule has 1 N–H and O–H groups in total. The molecule has 0 saturated heterocycles. The highest BCUT2D eigenvalue weighted by atomic mass is 28.3. The van der Waals surface area contributed by atoms with Gasteiger partial charge in [-0.2, -0.15) is 0 Å². The lowest BCUT2D eigenvalue weighted by Gasteiger charge is -2.57. The van der Waals surface area contributed by atoms with Crippen LogP contribution in [-0.4, -0.2) is 26.3 Å². The molecule has 2 aromatic rings. The number of anilines is 1. The van der Waals surface area contributed by atoms with E-state index in [2.05, 4.69) is 94.3 Å². The predicted molar refractivity (Wildman–Crippen MR) is 174 cm³/mol. The highest BCUT2D eigenvalue weighted by Gasteiger charge is 2.62. The van der Waals surface area contributed by atoms with Gasteiger partial charge in [0.25, 0.3) is 0 Å². The van der Waals surface area contributed by atoms with Gasteiger partial charge < -0.3 is 10.0 Å². The summed E-state index contributed by atoms with van der Waals surface area (Å²) in [5, 5.41) is 14.1. The summed E-state index contributed by atoms with van der Waals surface area (Å²) in [4.78, 5) is 2.63. The second kappa shape index (κ2) is 9.12. The highest BCUT2D eigenvalue weighted by molar-refractivity contribution is 6.93. The molecule has 0 amide bonds. The summed E-state index contributed by atoms with van der Waals surface area (Å²) in [5.41, 5.74) is 7.92. The molecule has 1 aliphatic heterocycles. The van der Waals surface area contributed by atoms with Crippen LogP contribution in [-0.2, 0) is 5.41 Å². The van der Waals surface area contributed by atoms with Crippen molar-refractivity contribution in [3.8, 4) is 5.75 Å². The molecule has 6 aliphatic carbocycles. The largest absolute Gasteiger partial charge is 0.508 e. The van der Waals surface area contributed by atoms with Crippen LogP contribution in [0.1, 0.15) is 80.5 Å². The third kappa shape index (κ3) is 3.54. The van der Waals surface area contributed by atoms with Gasteiger partial charge in [-0.05, 0) is 104 Å². The minimum absolute atomic E-state index is 0.215. The van der Waals surface area contributed by atoms with Gasteiger partial charge in [0.2, 0.25) is 0 Å². The van der Waals surface area contributed by atoms with Gasteiger partial charge in [-0.25, -0.2) is 0 Å². The second-order valence-corrected chi connectivity index (χ2v) is 20.3. The van der Waals surface area contributed by atoms with Gasteiger partial charge in [-0.3, -0.25) is 0 Å². The fourth-order valence-corrected chi connectivity index (χ4v) is 18.1. The summed E-state index contributed by atoms with van der Waals surface area (Å²) in [7, 11) is 0.169. The van der Waals surface area contributed by atoms with E-state index in [1.807, 2.05) is 0 Å². The van der Waals surface area contributed by atoms with Crippen molar-refractivity contribution in [2.45, 2.75) is 101 Å². The molecule has 2 aromatic carbocycles. The van der Waals surface area contributed by atoms with Crippen LogP contribution in [0.4, 0.5) is 5.69 Å². The van der Waals surface area contributed by atoms with Crippen molar-refractivity contribution >= 4 is 18.9 Å². The zero-order valence-electron chi connectivity index (χ0n) is 25.9. The minimum atomic E-state index is -2.18. The first-order valence-corrected chi connectivity index (χ1v) is 19.3. The first kappa shape index (κ1) is 26.4. The van der Waals surface area contributed by atoms with Gasteiger partial charge in [0, 0.05) is 36.2 Å². The van der Waals surface area contributed by atoms with Crippen molar-refractivity contribution in [1.29, 1.82) is 0 Å². The van der Waals surface area contributed by atoms with Crippen molar-refractivity contribution in [2.75, 3.05) is 11.9 Å². The second-order valence-electron chi connectivity index (χ2n) is 15.4. The number of phenolic OH excluding ortho intramolecular Hbond substituents is 1. The molecule has 5 saturated carbocycles. The van der Waals surface area contributed by atoms with E-state index in [-0.39, 0.29) is 5.41 Å². The van der Waals surface area contributed by atoms with Crippen LogP contribution in [0.3, 0.4) is 0 Å². The first-order valence-electron chi connectivity index (χ1n) is 16.8. The number of benzene rings is 2. The Bertz CT molecular complexity index is 1410. The lowest BCUT2D eigenvalue weighted by atomic mass is 9.48. The summed E-state index contributed by atoms with van der Waals surface area (Å²) in [5.74, 6) is 4.98. The number of fused-ring (bicyclic) bond motifs is 5. The van der Waals surface area contributed by atoms with E-state index in [4.69, 9.17) is 0 Å². The fourth-order valence-electron chi connectivity index (χ4n) is 12.3. The number of aryl methyl sites for hydroxylation is 2. The number of nitrogens with zero attached hydrogens (tertiary/aromatic N) is 1. The molecule has 1 heterocycles. The van der Waals surface area contributed by atoms with Crippen molar-refractivity contribution in [1.82, 2.24) is 0 Å². The van der Waals surface area contributed by atoms with Crippen LogP contribution < -0.4 is 10.1 Å². The molecule has 4 bridgehead atoms. The topological polar surface area (TPSA) is 23.5 Å². The van der Waals surface area contributed by atoms with Crippen molar-refractivity contribution in [3.63, 3.8) is 0 Å². The average Bonchev–Trinajstić information content (AvgIpc) is 3.43. The smallest absolute Gasteiger partial charge is 0.118 e. The number of hydrogen-bond donors (Lipinski definition) is 1. The summed E-state index contributed by atoms with van der Waals surface area (Å²) >= 11 is 0. The van der Waals surface area contributed by atoms with E-state index in [9.17, 15) is 5.11 Å². The van der Waals surface area contributed by atoms with Gasteiger partial charge >= 0.3 is 0 Å². The number of aromatic hydroxyl groups is 1. The van der Waals surface area contributed by atoms with Crippen LogP contribution >= 0.6 is 0 Å². The van der Waals surface area contributed by atoms with E-state index in [0.29, 0.717) is 29.3 Å². The van der Waals surface area contributed by atoms with E-state index < -0.39 is 8.07 Å². The molecule has 5 fully saturated rings. The molecule has 3 heteroatoms. The summed E-state index contributed by atoms with van der Waals surface area (Å²) in [6, 6.07) is 15.0. The molecule has 41 heavy (non-hydrogen) atoms. The van der Waals surface area contributed by atoms with E-state index >= 15 is 0 Å². The number of rotatable bonds is 5. The minimum Gasteiger partial charge on any atom is -0.508 e. The van der Waals surface area contributed by atoms with Crippen LogP contribution in [0.15, 0.2) is 54.6 Å². The third-order valence-electron chi connectivity index (χ3n) is 13.5. The zero-order chi connectivity index (χ0) is 28.3.